The van der Waals surface area contributed by atoms with Crippen LogP contribution in [0.5, 0.6) is 5.75 Å². The Hall–Kier alpha value is -4.70. The number of carboxylic acids is 1. The van der Waals surface area contributed by atoms with E-state index in [0.29, 0.717) is 61.4 Å². The number of carbonyl (C=O) groups excluding carboxylic acids is 1. The van der Waals surface area contributed by atoms with Crippen LogP contribution in [0, 0.1) is 0 Å². The van der Waals surface area contributed by atoms with Gasteiger partial charge >= 0.3 is 5.97 Å². The molecule has 0 spiro atoms. The monoisotopic (exact) mass is 863 g/mol. The van der Waals surface area contributed by atoms with Gasteiger partial charge in [-0.1, -0.05) is 79.5 Å². The third kappa shape index (κ3) is 10.2. The fourth-order valence-electron chi connectivity index (χ4n) is 7.69. The lowest BCUT2D eigenvalue weighted by Gasteiger charge is -2.31. The maximum absolute atomic E-state index is 14.6. The second kappa shape index (κ2) is 18.9. The number of para-hydroxylation sites is 1. The normalized spacial score (nSPS) is 14.8. The molecule has 2 aliphatic rings. The minimum absolute atomic E-state index is 0.0961. The Kier molecular flexibility index (Phi) is 13.2. The summed E-state index contributed by atoms with van der Waals surface area (Å²) in [5.41, 5.74) is 4.70. The van der Waals surface area contributed by atoms with E-state index in [2.05, 4.69) is 70.8 Å². The predicted molar refractivity (Wildman–Crippen MR) is 244 cm³/mol. The van der Waals surface area contributed by atoms with E-state index in [4.69, 9.17) is 19.2 Å². The van der Waals surface area contributed by atoms with Crippen LogP contribution < -0.4 is 14.5 Å². The average Bonchev–Trinajstić information content (AvgIpc) is 3.89. The molecule has 0 saturated carbocycles. The van der Waals surface area contributed by atoms with E-state index in [0.717, 1.165) is 93.6 Å². The van der Waals surface area contributed by atoms with E-state index in [9.17, 15) is 14.7 Å². The molecular weight excluding hydrogens is 811 g/mol. The summed E-state index contributed by atoms with van der Waals surface area (Å²) in [5.74, 6) is -0.326. The van der Waals surface area contributed by atoms with Crippen molar-refractivity contribution in [3.63, 3.8) is 0 Å². The lowest BCUT2D eigenvalue weighted by Crippen LogP contribution is -2.37. The molecule has 14 heteroatoms. The zero-order valence-electron chi connectivity index (χ0n) is 34.7. The van der Waals surface area contributed by atoms with Gasteiger partial charge in [0.2, 0.25) is 0 Å². The molecule has 314 valence electrons. The van der Waals surface area contributed by atoms with Gasteiger partial charge in [-0.25, -0.2) is 14.8 Å². The van der Waals surface area contributed by atoms with Crippen LogP contribution in [0.3, 0.4) is 0 Å². The number of hydrogen-bond acceptors (Lipinski definition) is 11. The molecule has 60 heavy (non-hydrogen) atoms. The summed E-state index contributed by atoms with van der Waals surface area (Å²) in [4.78, 5) is 43.6. The molecule has 1 amide bonds. The number of carbonyl (C=O) groups is 2. The smallest absolute Gasteiger partial charge is 0.355 e. The van der Waals surface area contributed by atoms with Gasteiger partial charge in [-0.15, -0.1) is 11.3 Å². The first-order valence-electron chi connectivity index (χ1n) is 20.9. The van der Waals surface area contributed by atoms with Crippen LogP contribution in [-0.4, -0.2) is 99.3 Å². The van der Waals surface area contributed by atoms with Crippen molar-refractivity contribution in [2.45, 2.75) is 57.9 Å². The van der Waals surface area contributed by atoms with Gasteiger partial charge in [0.25, 0.3) is 5.91 Å². The number of anilines is 2. The summed E-state index contributed by atoms with van der Waals surface area (Å²) in [6.07, 6.45) is 2.92. The highest BCUT2D eigenvalue weighted by Crippen LogP contribution is 2.35. The largest absolute Gasteiger partial charge is 0.494 e. The topological polar surface area (TPSA) is 118 Å². The fourth-order valence-corrected chi connectivity index (χ4v) is 10.5. The highest BCUT2D eigenvalue weighted by molar-refractivity contribution is 7.22. The number of fused-ring (bicyclic) bond motifs is 3. The van der Waals surface area contributed by atoms with E-state index in [-0.39, 0.29) is 18.3 Å². The number of aromatic nitrogens is 2. The van der Waals surface area contributed by atoms with Gasteiger partial charge in [-0.2, -0.15) is 0 Å². The number of nitrogens with zero attached hydrogens (tertiary/aromatic N) is 5. The molecule has 1 saturated heterocycles. The number of benzene rings is 4. The van der Waals surface area contributed by atoms with Crippen LogP contribution in [0.4, 0.5) is 10.3 Å². The molecule has 0 atom stereocenters. The van der Waals surface area contributed by atoms with Crippen LogP contribution in [0.15, 0.2) is 78.9 Å². The van der Waals surface area contributed by atoms with Crippen molar-refractivity contribution >= 4 is 73.9 Å². The van der Waals surface area contributed by atoms with Crippen LogP contribution >= 0.6 is 22.7 Å². The molecule has 11 nitrogen and oxygen atoms in total. The summed E-state index contributed by atoms with van der Waals surface area (Å²) >= 11 is 2.92. The van der Waals surface area contributed by atoms with Crippen molar-refractivity contribution in [3.8, 4) is 5.75 Å². The molecule has 8 rings (SSSR count). The molecule has 2 aliphatic heterocycles. The Morgan fingerprint density at radius 3 is 2.53 bits per heavy atom. The Morgan fingerprint density at radius 1 is 0.900 bits per heavy atom. The number of ether oxygens (including phenoxy) is 3. The SMILES string of the molecule is C[Si](C)(C)CCOCN(C(=O)c1cccc2c1CN(c1nc(C(=O)O)c(CCc3ccc4cc(OCCCN5CCOCC5)ccc4c3)s1)CC2)c1nc2ccccc2s1. The van der Waals surface area contributed by atoms with Gasteiger partial charge in [0.15, 0.2) is 16.0 Å². The summed E-state index contributed by atoms with van der Waals surface area (Å²) in [7, 11) is -1.33. The molecule has 1 N–H and O–H groups in total. The molecule has 2 aromatic heterocycles. The van der Waals surface area contributed by atoms with Crippen LogP contribution in [0.1, 0.15) is 48.8 Å². The van der Waals surface area contributed by atoms with Crippen molar-refractivity contribution in [2.24, 2.45) is 0 Å². The zero-order chi connectivity index (χ0) is 41.6. The minimum atomic E-state index is -1.33. The third-order valence-electron chi connectivity index (χ3n) is 11.1. The summed E-state index contributed by atoms with van der Waals surface area (Å²) in [6, 6.07) is 27.4. The van der Waals surface area contributed by atoms with E-state index >= 15 is 0 Å². The number of hydrogen-bond donors (Lipinski definition) is 1. The van der Waals surface area contributed by atoms with Crippen molar-refractivity contribution in [3.05, 3.63) is 112 Å². The standard InChI is InChI=1S/C46H53N5O6S2Si/c1-60(2,3)27-26-56-31-51(46-47-39-10-4-5-11-40(39)58-46)43(52)37-9-6-8-33-18-20-50(30-38(33)37)45-48-42(44(53)54)41(59-45)17-13-32-12-14-35-29-36(16-15-34(35)28-32)57-23-7-19-49-21-24-55-25-22-49/h4-6,8-12,14-16,28-29H,7,13,17-27,30-31H2,1-3H3,(H,53,54). The second-order valence-corrected chi connectivity index (χ2v) is 24.4. The van der Waals surface area contributed by atoms with E-state index in [1.807, 2.05) is 42.5 Å². The first-order chi connectivity index (χ1) is 29.1. The second-order valence-electron chi connectivity index (χ2n) is 16.7. The maximum Gasteiger partial charge on any atom is 0.355 e. The highest BCUT2D eigenvalue weighted by Gasteiger charge is 2.30. The molecule has 6 aromatic rings. The predicted octanol–water partition coefficient (Wildman–Crippen LogP) is 9.01. The van der Waals surface area contributed by atoms with Crippen molar-refractivity contribution in [1.29, 1.82) is 0 Å². The molecule has 0 bridgehead atoms. The number of rotatable bonds is 17. The fraction of sp³-hybridized carbons (Fsp3) is 0.391. The number of morpholine rings is 1. The Bertz CT molecular complexity index is 2430. The molecule has 4 aromatic carbocycles. The van der Waals surface area contributed by atoms with Crippen LogP contribution in [0.25, 0.3) is 21.0 Å². The number of thiazole rings is 2. The Balaban J connectivity index is 0.948. The quantitative estimate of drug-likeness (QED) is 0.0541. The summed E-state index contributed by atoms with van der Waals surface area (Å²) in [5, 5.41) is 13.7. The molecule has 4 heterocycles. The van der Waals surface area contributed by atoms with Gasteiger partial charge < -0.3 is 24.2 Å². The third-order valence-corrected chi connectivity index (χ3v) is 15.1. The van der Waals surface area contributed by atoms with Crippen molar-refractivity contribution in [2.75, 3.05) is 69.1 Å². The lowest BCUT2D eigenvalue weighted by atomic mass is 9.94. The molecular formula is C46H53N5O6S2Si. The average molecular weight is 864 g/mol. The summed E-state index contributed by atoms with van der Waals surface area (Å²) in [6.45, 7) is 14.0. The number of aromatic carboxylic acids is 1. The van der Waals surface area contributed by atoms with Crippen LogP contribution in [-0.2, 0) is 35.3 Å². The summed E-state index contributed by atoms with van der Waals surface area (Å²) < 4.78 is 18.7. The number of amides is 1. The Labute approximate surface area is 360 Å². The Morgan fingerprint density at radius 2 is 1.72 bits per heavy atom. The van der Waals surface area contributed by atoms with E-state index < -0.39 is 14.0 Å². The van der Waals surface area contributed by atoms with Crippen molar-refractivity contribution in [1.82, 2.24) is 14.9 Å². The number of aryl methyl sites for hydroxylation is 2. The van der Waals surface area contributed by atoms with Crippen LogP contribution in [0.2, 0.25) is 25.7 Å². The van der Waals surface area contributed by atoms with E-state index in [1.165, 1.54) is 22.7 Å². The van der Waals surface area contributed by atoms with E-state index in [1.54, 1.807) is 4.90 Å². The zero-order valence-corrected chi connectivity index (χ0v) is 37.3. The number of carboxylic acid groups (broad SMARTS) is 1. The lowest BCUT2D eigenvalue weighted by molar-refractivity contribution is 0.0358. The molecule has 0 unspecified atom stereocenters. The molecule has 0 aliphatic carbocycles. The van der Waals surface area contributed by atoms with Gasteiger partial charge in [0.1, 0.15) is 12.5 Å². The van der Waals surface area contributed by atoms with Gasteiger partial charge in [-0.3, -0.25) is 14.6 Å². The molecule has 0 radical (unpaired) electrons. The first kappa shape index (κ1) is 42.0. The van der Waals surface area contributed by atoms with Gasteiger partial charge in [0.05, 0.1) is 30.0 Å². The van der Waals surface area contributed by atoms with Crippen molar-refractivity contribution < 1.29 is 28.9 Å². The molecule has 1 fully saturated rings. The van der Waals surface area contributed by atoms with Gasteiger partial charge in [0, 0.05) is 57.8 Å². The van der Waals surface area contributed by atoms with Gasteiger partial charge in [-0.05, 0) is 89.5 Å². The minimum Gasteiger partial charge on any atom is -0.494 e. The first-order valence-corrected chi connectivity index (χ1v) is 26.2. The highest BCUT2D eigenvalue weighted by atomic mass is 32.1. The maximum atomic E-state index is 14.6.